The zero-order chi connectivity index (χ0) is 5.98. The Kier molecular flexibility index (Phi) is 0.477. The lowest BCUT2D eigenvalue weighted by atomic mass is 10.4. The van der Waals surface area contributed by atoms with Crippen molar-refractivity contribution in [2.75, 3.05) is 0 Å². The molecule has 0 atom stereocenters. The van der Waals surface area contributed by atoms with Crippen molar-refractivity contribution < 1.29 is 2.74 Å². The predicted molar refractivity (Wildman–Crippen MR) is 26.4 cm³/mol. The maximum absolute atomic E-state index is 7.02. The quantitative estimate of drug-likeness (QED) is 0.445. The van der Waals surface area contributed by atoms with Crippen LogP contribution in [0.3, 0.4) is 0 Å². The molecule has 0 spiro atoms. The highest BCUT2D eigenvalue weighted by atomic mass is 13.6. The van der Waals surface area contributed by atoms with Crippen LogP contribution in [0, 0.1) is 0 Å². The van der Waals surface area contributed by atoms with E-state index in [0.29, 0.717) is 12.1 Å². The minimum Gasteiger partial charge on any atom is -0.0623 e. The molecule has 0 heterocycles. The lowest BCUT2D eigenvalue weighted by Gasteiger charge is -1.69. The minimum atomic E-state index is 0.400. The van der Waals surface area contributed by atoms with Gasteiger partial charge in [-0.1, -0.05) is 36.4 Å². The first kappa shape index (κ1) is 1.78. The normalized spacial score (nSPS) is 12.7. The van der Waals surface area contributed by atoms with Crippen molar-refractivity contribution in [3.05, 3.63) is 36.4 Å². The summed E-state index contributed by atoms with van der Waals surface area (Å²) in [5, 5.41) is 0. The van der Waals surface area contributed by atoms with Crippen molar-refractivity contribution in [3.8, 4) is 0 Å². The average Bonchev–Trinajstić information content (AvgIpc) is 1.64. The second-order valence-electron chi connectivity index (χ2n) is 1.00. The fraction of sp³-hybridized carbons (Fsp3) is 0. The molecular formula is C6H6. The third kappa shape index (κ3) is 0.582. The molecule has 1 aromatic rings. The average molecular weight is 80.1 g/mol. The van der Waals surface area contributed by atoms with E-state index < -0.39 is 0 Å². The van der Waals surface area contributed by atoms with E-state index >= 15 is 0 Å². The molecule has 0 aliphatic heterocycles. The maximum Gasteiger partial charge on any atom is 0.0623 e. The summed E-state index contributed by atoms with van der Waals surface area (Å²) in [5.41, 5.74) is 0. The van der Waals surface area contributed by atoms with E-state index in [9.17, 15) is 0 Å². The molecule has 0 N–H and O–H groups in total. The van der Waals surface area contributed by atoms with Crippen LogP contribution in [0.5, 0.6) is 0 Å². The zero-order valence-corrected chi connectivity index (χ0v) is 3.31. The summed E-state index contributed by atoms with van der Waals surface area (Å²) in [6, 6.07) is 7.30. The fourth-order valence-corrected chi connectivity index (χ4v) is 0.304. The van der Waals surface area contributed by atoms with Crippen molar-refractivity contribution in [2.24, 2.45) is 0 Å². The fourth-order valence-electron chi connectivity index (χ4n) is 0.304. The minimum absolute atomic E-state index is 0.400. The Labute approximate surface area is 40.2 Å². The van der Waals surface area contributed by atoms with Gasteiger partial charge in [0.2, 0.25) is 0 Å². The molecule has 30 valence electrons. The molecule has 0 unspecified atom stereocenters. The highest BCUT2D eigenvalue weighted by Crippen LogP contribution is 1.79. The third-order valence-electron chi connectivity index (χ3n) is 0.552. The molecule has 0 saturated carbocycles. The first-order valence-corrected chi connectivity index (χ1v) is 1.82. The highest BCUT2D eigenvalue weighted by molar-refractivity contribution is 4.99. The van der Waals surface area contributed by atoms with Gasteiger partial charge >= 0.3 is 0 Å². The molecule has 0 saturated heterocycles. The van der Waals surface area contributed by atoms with Crippen molar-refractivity contribution in [3.63, 3.8) is 0 Å². The lowest BCUT2D eigenvalue weighted by molar-refractivity contribution is 1.72. The molecule has 0 fully saturated rings. The molecule has 0 amide bonds. The zero-order valence-electron chi connectivity index (χ0n) is 5.31. The van der Waals surface area contributed by atoms with Crippen LogP contribution in [0.1, 0.15) is 2.74 Å². The van der Waals surface area contributed by atoms with Crippen LogP contribution >= 0.6 is 0 Å². The molecule has 0 heteroatoms. The first-order chi connectivity index (χ1) is 3.79. The van der Waals surface area contributed by atoms with Crippen LogP contribution in [0.15, 0.2) is 36.4 Å². The van der Waals surface area contributed by atoms with Gasteiger partial charge in [0.05, 0.1) is 2.74 Å². The van der Waals surface area contributed by atoms with Gasteiger partial charge in [0, 0.05) is 0 Å². The summed E-state index contributed by atoms with van der Waals surface area (Å²) in [4.78, 5) is 0. The van der Waals surface area contributed by atoms with Crippen LogP contribution in [0.25, 0.3) is 0 Å². The molecule has 0 bridgehead atoms. The summed E-state index contributed by atoms with van der Waals surface area (Å²) >= 11 is 0. The van der Waals surface area contributed by atoms with Gasteiger partial charge in [-0.25, -0.2) is 0 Å². The molecule has 1 rings (SSSR count). The van der Waals surface area contributed by atoms with E-state index in [1.165, 1.54) is 6.07 Å². The third-order valence-corrected chi connectivity index (χ3v) is 0.552. The molecule has 0 nitrogen and oxygen atoms in total. The standard InChI is InChI=1S/C6H6/c1-2-4-6-5-3-1/h1-6H/i1D,4D. The van der Waals surface area contributed by atoms with Crippen molar-refractivity contribution >= 4 is 0 Å². The number of hydrogen-bond acceptors (Lipinski definition) is 0. The number of benzene rings is 1. The van der Waals surface area contributed by atoms with E-state index in [1.54, 1.807) is 18.2 Å². The molecular weight excluding hydrogens is 72.1 g/mol. The monoisotopic (exact) mass is 80.1 g/mol. The van der Waals surface area contributed by atoms with E-state index in [0.717, 1.165) is 0 Å². The van der Waals surface area contributed by atoms with Crippen molar-refractivity contribution in [1.29, 1.82) is 0 Å². The maximum atomic E-state index is 7.02. The summed E-state index contributed by atoms with van der Waals surface area (Å²) in [7, 11) is 0. The first-order valence-electron chi connectivity index (χ1n) is 2.82. The molecule has 0 radical (unpaired) electrons. The lowest BCUT2D eigenvalue weighted by Crippen LogP contribution is -1.47. The SMILES string of the molecule is [2H]c1cccc([2H])c1. The van der Waals surface area contributed by atoms with Crippen LogP contribution in [0.2, 0.25) is 0 Å². The van der Waals surface area contributed by atoms with Crippen LogP contribution in [-0.2, 0) is 0 Å². The van der Waals surface area contributed by atoms with Gasteiger partial charge in [0.15, 0.2) is 0 Å². The number of rotatable bonds is 0. The van der Waals surface area contributed by atoms with Gasteiger partial charge in [-0.3, -0.25) is 0 Å². The molecule has 1 aromatic carbocycles. The topological polar surface area (TPSA) is 0 Å². The molecule has 0 aliphatic carbocycles. The summed E-state index contributed by atoms with van der Waals surface area (Å²) < 4.78 is 14.0. The molecule has 6 heavy (non-hydrogen) atoms. The van der Waals surface area contributed by atoms with Crippen molar-refractivity contribution in [2.45, 2.75) is 0 Å². The summed E-state index contributed by atoms with van der Waals surface area (Å²) in [5.74, 6) is 0. The Balaban J connectivity index is 3.08. The second kappa shape index (κ2) is 1.61. The number of hydrogen-bond donors (Lipinski definition) is 0. The van der Waals surface area contributed by atoms with E-state index in [2.05, 4.69) is 0 Å². The second-order valence-corrected chi connectivity index (χ2v) is 1.00. The van der Waals surface area contributed by atoms with Gasteiger partial charge in [-0.15, -0.1) is 0 Å². The van der Waals surface area contributed by atoms with E-state index in [-0.39, 0.29) is 0 Å². The van der Waals surface area contributed by atoms with Crippen LogP contribution in [0.4, 0.5) is 0 Å². The highest BCUT2D eigenvalue weighted by Gasteiger charge is 1.57. The van der Waals surface area contributed by atoms with Crippen LogP contribution in [-0.4, -0.2) is 0 Å². The van der Waals surface area contributed by atoms with Gasteiger partial charge in [0.25, 0.3) is 0 Å². The Morgan fingerprint density at radius 2 is 1.50 bits per heavy atom. The molecule has 0 aromatic heterocycles. The Morgan fingerprint density at radius 3 is 1.83 bits per heavy atom. The Morgan fingerprint density at radius 1 is 0.833 bits per heavy atom. The molecule has 0 aliphatic rings. The Bertz CT molecular complexity index is 166. The Hall–Kier alpha value is -0.780. The van der Waals surface area contributed by atoms with Gasteiger partial charge in [-0.05, 0) is 0 Å². The largest absolute Gasteiger partial charge is 0.0623 e. The van der Waals surface area contributed by atoms with Gasteiger partial charge in [-0.2, -0.15) is 0 Å². The smallest absolute Gasteiger partial charge is 0.0623 e. The van der Waals surface area contributed by atoms with E-state index in [4.69, 9.17) is 2.74 Å². The summed E-state index contributed by atoms with van der Waals surface area (Å²) in [6.45, 7) is 0. The van der Waals surface area contributed by atoms with E-state index in [1.807, 2.05) is 0 Å². The van der Waals surface area contributed by atoms with Gasteiger partial charge < -0.3 is 0 Å². The predicted octanol–water partition coefficient (Wildman–Crippen LogP) is 1.69. The van der Waals surface area contributed by atoms with Gasteiger partial charge in [0.1, 0.15) is 0 Å². The van der Waals surface area contributed by atoms with Crippen LogP contribution < -0.4 is 0 Å². The van der Waals surface area contributed by atoms with Crippen molar-refractivity contribution in [1.82, 2.24) is 0 Å². The summed E-state index contributed by atoms with van der Waals surface area (Å²) in [6.07, 6.45) is 0.